The molecular formula is C12H9F6NO3S. The van der Waals surface area contributed by atoms with Crippen molar-refractivity contribution in [3.8, 4) is 0 Å². The van der Waals surface area contributed by atoms with Crippen LogP contribution in [-0.2, 0) is 14.6 Å². The van der Waals surface area contributed by atoms with Crippen LogP contribution < -0.4 is 0 Å². The van der Waals surface area contributed by atoms with E-state index in [1.165, 1.54) is 0 Å². The smallest absolute Gasteiger partial charge is 0.334 e. The summed E-state index contributed by atoms with van der Waals surface area (Å²) in [6, 6.07) is 3.62. The molecule has 0 unspecified atom stereocenters. The van der Waals surface area contributed by atoms with E-state index in [2.05, 4.69) is 0 Å². The summed E-state index contributed by atoms with van der Waals surface area (Å²) in [5.41, 5.74) is 0. The van der Waals surface area contributed by atoms with Gasteiger partial charge in [-0.05, 0) is 24.3 Å². The van der Waals surface area contributed by atoms with Gasteiger partial charge in [0.25, 0.3) is 0 Å². The highest BCUT2D eigenvalue weighted by molar-refractivity contribution is 7.92. The third kappa shape index (κ3) is 3.01. The van der Waals surface area contributed by atoms with Crippen LogP contribution >= 0.6 is 0 Å². The summed E-state index contributed by atoms with van der Waals surface area (Å²) >= 11 is 0. The van der Waals surface area contributed by atoms with Crippen molar-refractivity contribution in [2.75, 3.05) is 13.1 Å². The number of carbonyl (C=O) groups is 1. The number of benzene rings is 1. The van der Waals surface area contributed by atoms with Crippen LogP contribution in [0.5, 0.6) is 0 Å². The van der Waals surface area contributed by atoms with Gasteiger partial charge in [-0.1, -0.05) is 0 Å². The van der Waals surface area contributed by atoms with Crippen molar-refractivity contribution in [1.29, 1.82) is 0 Å². The van der Waals surface area contributed by atoms with Gasteiger partial charge in [0.2, 0.25) is 0 Å². The second kappa shape index (κ2) is 5.39. The molecule has 1 heterocycles. The summed E-state index contributed by atoms with van der Waals surface area (Å²) in [7, 11) is -4.05. The Bertz CT molecular complexity index is 707. The van der Waals surface area contributed by atoms with Crippen molar-refractivity contribution in [1.82, 2.24) is 4.90 Å². The first-order valence-corrected chi connectivity index (χ1v) is 7.65. The van der Waals surface area contributed by atoms with Crippen LogP contribution in [-0.4, -0.2) is 49.7 Å². The summed E-state index contributed by atoms with van der Waals surface area (Å²) in [6.07, 6.45) is -6.05. The number of rotatable bonds is 3. The summed E-state index contributed by atoms with van der Waals surface area (Å²) in [5, 5.41) is -1.32. The van der Waals surface area contributed by atoms with Crippen LogP contribution in [0.1, 0.15) is 0 Å². The van der Waals surface area contributed by atoms with Gasteiger partial charge in [0.15, 0.2) is 9.84 Å². The molecule has 0 aromatic heterocycles. The minimum atomic E-state index is -6.05. The number of hydrogen-bond donors (Lipinski definition) is 0. The fourth-order valence-electron chi connectivity index (χ4n) is 1.94. The molecule has 4 nitrogen and oxygen atoms in total. The van der Waals surface area contributed by atoms with Gasteiger partial charge >= 0.3 is 18.0 Å². The Kier molecular flexibility index (Phi) is 4.12. The van der Waals surface area contributed by atoms with Gasteiger partial charge in [-0.25, -0.2) is 12.8 Å². The Morgan fingerprint density at radius 3 is 1.96 bits per heavy atom. The molecule has 1 saturated heterocycles. The minimum absolute atomic E-state index is 0.124. The van der Waals surface area contributed by atoms with Crippen molar-refractivity contribution in [2.45, 2.75) is 22.2 Å². The molecule has 1 aromatic rings. The van der Waals surface area contributed by atoms with Crippen LogP contribution in [0, 0.1) is 5.82 Å². The van der Waals surface area contributed by atoms with Gasteiger partial charge in [0.05, 0.1) is 4.90 Å². The monoisotopic (exact) mass is 361 g/mol. The summed E-state index contributed by atoms with van der Waals surface area (Å²) < 4.78 is 98.9. The summed E-state index contributed by atoms with van der Waals surface area (Å²) in [4.78, 5) is 11.0. The van der Waals surface area contributed by atoms with E-state index in [4.69, 9.17) is 0 Å². The molecule has 0 bridgehead atoms. The maximum Gasteiger partial charge on any atom is 0.463 e. The Morgan fingerprint density at radius 2 is 1.52 bits per heavy atom. The average molecular weight is 361 g/mol. The third-order valence-corrected chi connectivity index (χ3v) is 5.45. The standard InChI is InChI=1S/C12H9F6NO3S/c13-7-1-3-8(4-2-7)23(21,22)9-5-19(6-9)10(20)11(14,15)12(16,17)18/h1-4,9H,5-6H2. The minimum Gasteiger partial charge on any atom is -0.334 e. The Labute approximate surface area is 126 Å². The fourth-order valence-corrected chi connectivity index (χ4v) is 3.59. The molecular weight excluding hydrogens is 352 g/mol. The van der Waals surface area contributed by atoms with E-state index in [9.17, 15) is 39.6 Å². The van der Waals surface area contributed by atoms with Crippen LogP contribution in [0.4, 0.5) is 26.3 Å². The summed E-state index contributed by atoms with van der Waals surface area (Å²) in [6.45, 7) is -1.57. The maximum atomic E-state index is 12.9. The molecule has 0 atom stereocenters. The topological polar surface area (TPSA) is 54.5 Å². The Hall–Kier alpha value is -1.78. The SMILES string of the molecule is O=C(N1CC(S(=O)(=O)c2ccc(F)cc2)C1)C(F)(F)C(F)(F)F. The van der Waals surface area contributed by atoms with E-state index in [1.54, 1.807) is 0 Å². The Balaban J connectivity index is 2.10. The molecule has 1 aliphatic heterocycles. The molecule has 1 aromatic carbocycles. The molecule has 0 saturated carbocycles. The molecule has 11 heteroatoms. The quantitative estimate of drug-likeness (QED) is 0.611. The lowest BCUT2D eigenvalue weighted by molar-refractivity contribution is -0.275. The maximum absolute atomic E-state index is 12.9. The van der Waals surface area contributed by atoms with Crippen molar-refractivity contribution >= 4 is 15.7 Å². The lowest BCUT2D eigenvalue weighted by Crippen LogP contribution is -2.63. The number of alkyl halides is 5. The van der Waals surface area contributed by atoms with Gasteiger partial charge in [0.1, 0.15) is 11.1 Å². The van der Waals surface area contributed by atoms with Gasteiger partial charge in [0, 0.05) is 13.1 Å². The number of hydrogen-bond acceptors (Lipinski definition) is 3. The molecule has 0 N–H and O–H groups in total. The van der Waals surface area contributed by atoms with Crippen LogP contribution in [0.2, 0.25) is 0 Å². The molecule has 128 valence electrons. The van der Waals surface area contributed by atoms with Crippen molar-refractivity contribution in [3.63, 3.8) is 0 Å². The zero-order valence-electron chi connectivity index (χ0n) is 11.1. The van der Waals surface area contributed by atoms with Crippen molar-refractivity contribution in [2.24, 2.45) is 0 Å². The third-order valence-electron chi connectivity index (χ3n) is 3.34. The highest BCUT2D eigenvalue weighted by Gasteiger charge is 2.66. The average Bonchev–Trinajstić information content (AvgIpc) is 2.35. The van der Waals surface area contributed by atoms with Crippen molar-refractivity contribution in [3.05, 3.63) is 30.1 Å². The van der Waals surface area contributed by atoms with E-state index in [1.807, 2.05) is 0 Å². The van der Waals surface area contributed by atoms with Gasteiger partial charge in [-0.3, -0.25) is 4.79 Å². The van der Waals surface area contributed by atoms with E-state index >= 15 is 0 Å². The molecule has 23 heavy (non-hydrogen) atoms. The predicted octanol–water partition coefficient (Wildman–Crippen LogP) is 2.01. The second-order valence-electron chi connectivity index (χ2n) is 4.90. The molecule has 0 aliphatic carbocycles. The number of halogens is 6. The first kappa shape index (κ1) is 17.6. The van der Waals surface area contributed by atoms with Crippen LogP contribution in [0.15, 0.2) is 29.2 Å². The molecule has 1 aliphatic rings. The van der Waals surface area contributed by atoms with E-state index in [-0.39, 0.29) is 9.80 Å². The molecule has 1 fully saturated rings. The molecule has 0 radical (unpaired) electrons. The van der Waals surface area contributed by atoms with E-state index < -0.39 is 52.0 Å². The molecule has 1 amide bonds. The second-order valence-corrected chi connectivity index (χ2v) is 7.13. The van der Waals surface area contributed by atoms with E-state index in [0.717, 1.165) is 24.3 Å². The number of likely N-dealkylation sites (tertiary alicyclic amines) is 1. The van der Waals surface area contributed by atoms with E-state index in [0.29, 0.717) is 0 Å². The first-order chi connectivity index (χ1) is 10.4. The molecule has 2 rings (SSSR count). The van der Waals surface area contributed by atoms with Crippen molar-refractivity contribution < 1.29 is 39.6 Å². The lowest BCUT2D eigenvalue weighted by atomic mass is 10.1. The highest BCUT2D eigenvalue weighted by atomic mass is 32.2. The van der Waals surface area contributed by atoms with Crippen LogP contribution in [0.3, 0.4) is 0 Å². The van der Waals surface area contributed by atoms with Gasteiger partial charge in [-0.2, -0.15) is 22.0 Å². The zero-order valence-corrected chi connectivity index (χ0v) is 12.0. The first-order valence-electron chi connectivity index (χ1n) is 6.11. The number of nitrogens with zero attached hydrogens (tertiary/aromatic N) is 1. The fraction of sp³-hybridized carbons (Fsp3) is 0.417. The normalized spacial score (nSPS) is 17.0. The van der Waals surface area contributed by atoms with Crippen LogP contribution in [0.25, 0.3) is 0 Å². The van der Waals surface area contributed by atoms with Gasteiger partial charge < -0.3 is 4.90 Å². The number of amides is 1. The molecule has 0 spiro atoms. The number of sulfone groups is 1. The lowest BCUT2D eigenvalue weighted by Gasteiger charge is -2.40. The highest BCUT2D eigenvalue weighted by Crippen LogP contribution is 2.38. The Morgan fingerprint density at radius 1 is 1.04 bits per heavy atom. The van der Waals surface area contributed by atoms with Gasteiger partial charge in [-0.15, -0.1) is 0 Å². The summed E-state index contributed by atoms with van der Waals surface area (Å²) in [5.74, 6) is -8.76. The predicted molar refractivity (Wildman–Crippen MR) is 65.0 cm³/mol. The zero-order chi connectivity index (χ0) is 17.6. The number of carbonyl (C=O) groups excluding carboxylic acids is 1. The largest absolute Gasteiger partial charge is 0.463 e.